The van der Waals surface area contributed by atoms with E-state index >= 15 is 0 Å². The Morgan fingerprint density at radius 3 is 2.61 bits per heavy atom. The van der Waals surface area contributed by atoms with E-state index in [-0.39, 0.29) is 23.4 Å². The molecule has 226 valence electrons. The second-order valence-corrected chi connectivity index (χ2v) is 11.2. The van der Waals surface area contributed by atoms with E-state index in [1.807, 2.05) is 0 Å². The number of aliphatic hydroxyl groups excluding tert-OH is 1. The minimum absolute atomic E-state index is 0.0143. The monoisotopic (exact) mass is 602 g/mol. The molecule has 0 amide bonds. The zero-order chi connectivity index (χ0) is 30.5. The number of carbonyl (C=O) groups is 2. The molecule has 4 N–H and O–H groups in total. The molecule has 0 saturated carbocycles. The van der Waals surface area contributed by atoms with Gasteiger partial charge >= 0.3 is 25.9 Å². The van der Waals surface area contributed by atoms with E-state index in [9.17, 15) is 23.7 Å². The number of anilines is 1. The summed E-state index contributed by atoms with van der Waals surface area (Å²) >= 11 is 0. The van der Waals surface area contributed by atoms with Crippen molar-refractivity contribution in [3.8, 4) is 12.3 Å². The van der Waals surface area contributed by atoms with Gasteiger partial charge in [-0.2, -0.15) is 14.4 Å². The van der Waals surface area contributed by atoms with Crippen LogP contribution in [0.1, 0.15) is 47.3 Å². The number of imidazole rings is 1. The van der Waals surface area contributed by atoms with Crippen molar-refractivity contribution in [2.75, 3.05) is 19.1 Å². The Morgan fingerprint density at radius 1 is 1.29 bits per heavy atom. The number of esters is 1. The quantitative estimate of drug-likeness (QED) is 0.104. The second kappa shape index (κ2) is 13.1. The number of nitrogens with one attached hydrogen (secondary N) is 1. The summed E-state index contributed by atoms with van der Waals surface area (Å²) in [4.78, 5) is 35.2. The van der Waals surface area contributed by atoms with Gasteiger partial charge in [0.05, 0.1) is 18.5 Å². The number of fused-ring (bicyclic) bond motifs is 1. The summed E-state index contributed by atoms with van der Waals surface area (Å²) in [5, 5.41) is 13.2. The molecule has 0 radical (unpaired) electrons. The Labute approximate surface area is 234 Å². The highest BCUT2D eigenvalue weighted by Crippen LogP contribution is 2.47. The van der Waals surface area contributed by atoms with Crippen LogP contribution in [0.3, 0.4) is 0 Å². The smallest absolute Gasteiger partial charge is 0.462 e. The summed E-state index contributed by atoms with van der Waals surface area (Å²) in [5.41, 5.74) is 3.89. The van der Waals surface area contributed by atoms with E-state index in [0.717, 1.165) is 0 Å². The lowest BCUT2D eigenvalue weighted by Crippen LogP contribution is -2.43. The van der Waals surface area contributed by atoms with Gasteiger partial charge in [0.25, 0.3) is 0 Å². The van der Waals surface area contributed by atoms with E-state index in [1.54, 1.807) is 27.7 Å². The second-order valence-electron chi connectivity index (χ2n) is 9.47. The van der Waals surface area contributed by atoms with Crippen molar-refractivity contribution < 1.29 is 51.6 Å². The number of nitrogens with two attached hydrogens (primary N) is 1. The fourth-order valence-electron chi connectivity index (χ4n) is 3.63. The maximum absolute atomic E-state index is 13.8. The molecule has 0 spiro atoms. The highest BCUT2D eigenvalue weighted by atomic mass is 31.2. The Hall–Kier alpha value is -3.39. The Morgan fingerprint density at radius 2 is 1.98 bits per heavy atom. The molecule has 2 aromatic heterocycles. The molecule has 1 unspecified atom stereocenters. The molecule has 0 aromatic carbocycles. The third-order valence-corrected chi connectivity index (χ3v) is 7.14. The molecule has 0 aliphatic carbocycles. The zero-order valence-corrected chi connectivity index (χ0v) is 23.9. The van der Waals surface area contributed by atoms with Crippen molar-refractivity contribution in [1.29, 1.82) is 0 Å². The van der Waals surface area contributed by atoms with E-state index < -0.39 is 75.5 Å². The van der Waals surface area contributed by atoms with Crippen molar-refractivity contribution in [3.63, 3.8) is 0 Å². The van der Waals surface area contributed by atoms with Crippen LogP contribution in [0.4, 0.5) is 15.0 Å². The molecule has 0 bridgehead atoms. The van der Waals surface area contributed by atoms with Crippen LogP contribution in [0.2, 0.25) is 0 Å². The van der Waals surface area contributed by atoms with Gasteiger partial charge < -0.3 is 29.8 Å². The van der Waals surface area contributed by atoms with Crippen LogP contribution in [-0.4, -0.2) is 80.1 Å². The molecule has 1 saturated heterocycles. The lowest BCUT2D eigenvalue weighted by atomic mass is 9.99. The summed E-state index contributed by atoms with van der Waals surface area (Å²) in [6.45, 7) is 6.12. The Balaban J connectivity index is 1.79. The molecular formula is C23H32FN6O10P. The van der Waals surface area contributed by atoms with Gasteiger partial charge in [0.2, 0.25) is 6.79 Å². The first-order valence-corrected chi connectivity index (χ1v) is 13.9. The summed E-state index contributed by atoms with van der Waals surface area (Å²) in [5.74, 6) is 1.31. The summed E-state index contributed by atoms with van der Waals surface area (Å²) in [7, 11) is -4.51. The van der Waals surface area contributed by atoms with E-state index in [1.165, 1.54) is 17.8 Å². The van der Waals surface area contributed by atoms with Crippen LogP contribution in [-0.2, 0) is 37.4 Å². The number of carbonyl (C=O) groups excluding carboxylic acids is 2. The van der Waals surface area contributed by atoms with Crippen LogP contribution in [0.15, 0.2) is 6.33 Å². The highest BCUT2D eigenvalue weighted by molar-refractivity contribution is 7.51. The zero-order valence-electron chi connectivity index (χ0n) is 23.0. The predicted molar refractivity (Wildman–Crippen MR) is 138 cm³/mol. The molecule has 3 heterocycles. The maximum Gasteiger partial charge on any atom is 0.510 e. The van der Waals surface area contributed by atoms with Crippen LogP contribution >= 0.6 is 7.75 Å². The molecule has 41 heavy (non-hydrogen) atoms. The molecule has 18 heteroatoms. The fourth-order valence-corrected chi connectivity index (χ4v) is 4.99. The molecule has 16 nitrogen and oxygen atoms in total. The number of nitrogens with zero attached hydrogens (tertiary/aromatic N) is 4. The topological polar surface area (TPSA) is 208 Å². The predicted octanol–water partition coefficient (Wildman–Crippen LogP) is 1.79. The Bertz CT molecular complexity index is 1350. The number of hydrogen-bond donors (Lipinski definition) is 3. The first-order chi connectivity index (χ1) is 19.2. The van der Waals surface area contributed by atoms with Gasteiger partial charge in [0.1, 0.15) is 25.0 Å². The van der Waals surface area contributed by atoms with Gasteiger partial charge in [0.15, 0.2) is 22.6 Å². The van der Waals surface area contributed by atoms with Crippen molar-refractivity contribution in [1.82, 2.24) is 24.6 Å². The number of aromatic nitrogens is 4. The lowest BCUT2D eigenvalue weighted by Gasteiger charge is -2.29. The van der Waals surface area contributed by atoms with Gasteiger partial charge in [-0.1, -0.05) is 5.92 Å². The number of aliphatic hydroxyl groups is 1. The molecule has 2 aromatic rings. The molecule has 1 aliphatic rings. The normalized spacial score (nSPS) is 22.8. The average molecular weight is 603 g/mol. The van der Waals surface area contributed by atoms with Crippen molar-refractivity contribution in [2.24, 2.45) is 0 Å². The summed E-state index contributed by atoms with van der Waals surface area (Å²) in [6, 6.07) is -1.22. The van der Waals surface area contributed by atoms with Gasteiger partial charge in [-0.3, -0.25) is 18.4 Å². The van der Waals surface area contributed by atoms with Gasteiger partial charge in [0, 0.05) is 6.42 Å². The van der Waals surface area contributed by atoms with Crippen molar-refractivity contribution in [3.05, 3.63) is 12.4 Å². The van der Waals surface area contributed by atoms with Crippen LogP contribution in [0.25, 0.3) is 11.2 Å². The van der Waals surface area contributed by atoms with Gasteiger partial charge in [-0.15, -0.1) is 6.42 Å². The van der Waals surface area contributed by atoms with E-state index in [2.05, 4.69) is 26.0 Å². The minimum Gasteiger partial charge on any atom is -0.462 e. The van der Waals surface area contributed by atoms with E-state index in [0.29, 0.717) is 0 Å². The summed E-state index contributed by atoms with van der Waals surface area (Å²) < 4.78 is 60.0. The number of halogens is 1. The maximum atomic E-state index is 13.8. The molecule has 3 rings (SSSR count). The standard InChI is InChI=1S/C23H32FN6O10P/c1-7-23(15(31)8-16(40-23)30-10-26-17-18(25)27-21(24)28-19(17)30)9-36-41(34,29-14(6)20(32)38-12(2)3)37-11-35-22(33)39-13(4)5/h1,10,12-16,31H,8-9,11H2,2-6H3,(H,29,34)(H2,25,27,28)/t14-,15-,16+,23+,41?/m0/s1. The number of hydrogen-bond acceptors (Lipinski definition) is 14. The first-order valence-electron chi connectivity index (χ1n) is 12.4. The molecule has 1 aliphatic heterocycles. The van der Waals surface area contributed by atoms with Crippen LogP contribution in [0.5, 0.6) is 0 Å². The molecule has 5 atom stereocenters. The highest BCUT2D eigenvalue weighted by Gasteiger charge is 2.50. The number of ether oxygens (including phenoxy) is 4. The average Bonchev–Trinajstić information content (AvgIpc) is 3.43. The number of terminal acetylenes is 1. The van der Waals surface area contributed by atoms with Crippen molar-refractivity contribution >= 4 is 36.9 Å². The fraction of sp³-hybridized carbons (Fsp3) is 0.609. The number of nitrogen functional groups attached to an aromatic ring is 1. The van der Waals surface area contributed by atoms with Crippen LogP contribution in [0, 0.1) is 18.4 Å². The van der Waals surface area contributed by atoms with E-state index in [4.69, 9.17) is 40.2 Å². The van der Waals surface area contributed by atoms with Crippen LogP contribution < -0.4 is 10.8 Å². The third kappa shape index (κ3) is 7.88. The largest absolute Gasteiger partial charge is 0.510 e. The van der Waals surface area contributed by atoms with Gasteiger partial charge in [-0.05, 0) is 34.6 Å². The molecular weight excluding hydrogens is 570 g/mol. The SMILES string of the molecule is C#C[C@]1(COP(=O)(N[C@@H](C)C(=O)OC(C)C)OCOC(=O)OC(C)C)O[C@@H](n2cnc3c(N)nc(F)nc32)C[C@@H]1O. The minimum atomic E-state index is -4.51. The summed E-state index contributed by atoms with van der Waals surface area (Å²) in [6.07, 6.45) is 1.23. The number of rotatable bonds is 12. The third-order valence-electron chi connectivity index (χ3n) is 5.52. The molecule has 1 fully saturated rings. The van der Waals surface area contributed by atoms with Gasteiger partial charge in [-0.25, -0.2) is 19.4 Å². The Kier molecular flexibility index (Phi) is 10.2. The first kappa shape index (κ1) is 32.1. The lowest BCUT2D eigenvalue weighted by molar-refractivity contribution is -0.149. The van der Waals surface area contributed by atoms with Crippen molar-refractivity contribution in [2.45, 2.75) is 77.2 Å².